The Balaban J connectivity index is 0.00000261. The summed E-state index contributed by atoms with van der Waals surface area (Å²) in [6, 6.07) is 7.14. The minimum absolute atomic E-state index is 0. The van der Waals surface area contributed by atoms with Gasteiger partial charge in [0.25, 0.3) is 0 Å². The van der Waals surface area contributed by atoms with Crippen LogP contribution >= 0.6 is 12.4 Å². The van der Waals surface area contributed by atoms with Gasteiger partial charge in [0.05, 0.1) is 12.6 Å². The maximum atomic E-state index is 12.5. The molecule has 3 rings (SSSR count). The number of rotatable bonds is 5. The number of halogens is 1. The molecule has 1 saturated heterocycles. The van der Waals surface area contributed by atoms with Gasteiger partial charge in [0, 0.05) is 57.4 Å². The van der Waals surface area contributed by atoms with E-state index in [2.05, 4.69) is 25.8 Å². The molecule has 27 heavy (non-hydrogen) atoms. The molecule has 0 bridgehead atoms. The molecule has 1 fully saturated rings. The third-order valence-corrected chi connectivity index (χ3v) is 4.35. The largest absolute Gasteiger partial charge is 0.337 e. The molecule has 8 nitrogen and oxygen atoms in total. The summed E-state index contributed by atoms with van der Waals surface area (Å²) in [7, 11) is 1.96. The van der Waals surface area contributed by atoms with Crippen molar-refractivity contribution in [2.24, 2.45) is 7.05 Å². The summed E-state index contributed by atoms with van der Waals surface area (Å²) in [5.74, 6) is 0.754. The Bertz CT molecular complexity index is 776. The number of piperazine rings is 1. The monoisotopic (exact) mass is 392 g/mol. The van der Waals surface area contributed by atoms with Gasteiger partial charge in [-0.15, -0.1) is 12.4 Å². The predicted molar refractivity (Wildman–Crippen MR) is 107 cm³/mol. The molecule has 1 aliphatic heterocycles. The quantitative estimate of drug-likeness (QED) is 0.715. The van der Waals surface area contributed by atoms with Gasteiger partial charge >= 0.3 is 0 Å². The Morgan fingerprint density at radius 2 is 1.89 bits per heavy atom. The summed E-state index contributed by atoms with van der Waals surface area (Å²) in [4.78, 5) is 30.1. The van der Waals surface area contributed by atoms with E-state index >= 15 is 0 Å². The second kappa shape index (κ2) is 9.50. The van der Waals surface area contributed by atoms with Crippen molar-refractivity contribution >= 4 is 35.6 Å². The lowest BCUT2D eigenvalue weighted by Gasteiger charge is -2.35. The zero-order valence-electron chi connectivity index (χ0n) is 15.4. The van der Waals surface area contributed by atoms with Crippen LogP contribution in [-0.2, 0) is 16.6 Å². The number of hydrogen-bond donors (Lipinski definition) is 3. The first kappa shape index (κ1) is 20.9. The van der Waals surface area contributed by atoms with Gasteiger partial charge < -0.3 is 20.5 Å². The van der Waals surface area contributed by atoms with Crippen molar-refractivity contribution in [3.05, 3.63) is 42.5 Å². The lowest BCUT2D eigenvalue weighted by atomic mass is 10.1. The number of nitrogens with one attached hydrogen (secondary N) is 3. The first-order valence-electron chi connectivity index (χ1n) is 8.62. The van der Waals surface area contributed by atoms with Crippen molar-refractivity contribution in [1.82, 2.24) is 19.8 Å². The molecule has 0 radical (unpaired) electrons. The fraction of sp³-hybridized carbons (Fsp3) is 0.389. The molecule has 9 heteroatoms. The molecule has 1 atom stereocenters. The zero-order valence-corrected chi connectivity index (χ0v) is 16.3. The van der Waals surface area contributed by atoms with Gasteiger partial charge in [-0.05, 0) is 24.3 Å². The average molecular weight is 393 g/mol. The second-order valence-electron chi connectivity index (χ2n) is 6.39. The van der Waals surface area contributed by atoms with Crippen LogP contribution in [0.5, 0.6) is 0 Å². The van der Waals surface area contributed by atoms with Gasteiger partial charge in [-0.1, -0.05) is 0 Å². The number of amides is 2. The van der Waals surface area contributed by atoms with Crippen LogP contribution in [0.1, 0.15) is 18.8 Å². The van der Waals surface area contributed by atoms with Crippen LogP contribution in [0.15, 0.2) is 36.7 Å². The van der Waals surface area contributed by atoms with E-state index in [1.54, 1.807) is 30.5 Å². The maximum Gasteiger partial charge on any atom is 0.238 e. The Hall–Kier alpha value is -2.42. The van der Waals surface area contributed by atoms with Crippen molar-refractivity contribution < 1.29 is 9.59 Å². The minimum Gasteiger partial charge on any atom is -0.337 e. The topological polar surface area (TPSA) is 91.3 Å². The van der Waals surface area contributed by atoms with E-state index in [1.807, 2.05) is 17.8 Å². The summed E-state index contributed by atoms with van der Waals surface area (Å²) in [5, 5.41) is 8.97. The van der Waals surface area contributed by atoms with Crippen LogP contribution in [0.25, 0.3) is 0 Å². The van der Waals surface area contributed by atoms with E-state index in [-0.39, 0.29) is 30.3 Å². The second-order valence-corrected chi connectivity index (χ2v) is 6.39. The van der Waals surface area contributed by atoms with Crippen molar-refractivity contribution in [3.8, 4) is 0 Å². The third-order valence-electron chi connectivity index (χ3n) is 4.35. The number of aromatic nitrogens is 2. The summed E-state index contributed by atoms with van der Waals surface area (Å²) < 4.78 is 1.99. The lowest BCUT2D eigenvalue weighted by Crippen LogP contribution is -2.49. The highest BCUT2D eigenvalue weighted by atomic mass is 35.5. The highest BCUT2D eigenvalue weighted by molar-refractivity contribution is 5.93. The van der Waals surface area contributed by atoms with Crippen LogP contribution < -0.4 is 16.0 Å². The van der Waals surface area contributed by atoms with E-state index in [1.165, 1.54) is 6.92 Å². The number of aryl methyl sites for hydroxylation is 1. The van der Waals surface area contributed by atoms with E-state index in [4.69, 9.17) is 0 Å². The van der Waals surface area contributed by atoms with E-state index < -0.39 is 0 Å². The lowest BCUT2D eigenvalue weighted by molar-refractivity contribution is -0.118. The summed E-state index contributed by atoms with van der Waals surface area (Å²) >= 11 is 0. The van der Waals surface area contributed by atoms with E-state index in [0.717, 1.165) is 25.5 Å². The van der Waals surface area contributed by atoms with Gasteiger partial charge in [-0.3, -0.25) is 14.5 Å². The molecule has 2 amide bonds. The van der Waals surface area contributed by atoms with Crippen LogP contribution in [-0.4, -0.2) is 52.4 Å². The minimum atomic E-state index is -0.124. The smallest absolute Gasteiger partial charge is 0.238 e. The molecule has 1 aliphatic rings. The summed E-state index contributed by atoms with van der Waals surface area (Å²) in [6.45, 7) is 4.16. The normalized spacial score (nSPS) is 17.0. The number of nitrogens with zero attached hydrogens (tertiary/aromatic N) is 3. The molecule has 1 aromatic carbocycles. The van der Waals surface area contributed by atoms with Gasteiger partial charge in [-0.25, -0.2) is 4.98 Å². The molecule has 1 unspecified atom stereocenters. The van der Waals surface area contributed by atoms with Gasteiger partial charge in [-0.2, -0.15) is 0 Å². The highest BCUT2D eigenvalue weighted by Gasteiger charge is 2.28. The molecular formula is C18H25ClN6O2. The molecule has 0 aliphatic carbocycles. The fourth-order valence-electron chi connectivity index (χ4n) is 3.11. The SMILES string of the molecule is CC(=O)Nc1ccc(NC(=O)CN2CCNCC2c2nccn2C)cc1.Cl. The van der Waals surface area contributed by atoms with Crippen molar-refractivity contribution in [2.45, 2.75) is 13.0 Å². The molecule has 3 N–H and O–H groups in total. The van der Waals surface area contributed by atoms with Gasteiger partial charge in [0.2, 0.25) is 11.8 Å². The third kappa shape index (κ3) is 5.53. The van der Waals surface area contributed by atoms with Crippen molar-refractivity contribution in [1.29, 1.82) is 0 Å². The highest BCUT2D eigenvalue weighted by Crippen LogP contribution is 2.20. The first-order chi connectivity index (χ1) is 12.5. The number of carbonyl (C=O) groups is 2. The summed E-state index contributed by atoms with van der Waals surface area (Å²) in [6.07, 6.45) is 3.69. The van der Waals surface area contributed by atoms with Gasteiger partial charge in [0.15, 0.2) is 0 Å². The van der Waals surface area contributed by atoms with Crippen LogP contribution in [0.4, 0.5) is 11.4 Å². The number of benzene rings is 1. The molecule has 0 spiro atoms. The molecule has 2 heterocycles. The Morgan fingerprint density at radius 3 is 2.48 bits per heavy atom. The van der Waals surface area contributed by atoms with E-state index in [0.29, 0.717) is 17.9 Å². The van der Waals surface area contributed by atoms with Crippen molar-refractivity contribution in [3.63, 3.8) is 0 Å². The van der Waals surface area contributed by atoms with Crippen LogP contribution in [0.3, 0.4) is 0 Å². The summed E-state index contributed by atoms with van der Waals surface area (Å²) in [5.41, 5.74) is 1.40. The Labute approximate surface area is 164 Å². The Morgan fingerprint density at radius 1 is 1.22 bits per heavy atom. The molecular weight excluding hydrogens is 368 g/mol. The van der Waals surface area contributed by atoms with E-state index in [9.17, 15) is 9.59 Å². The zero-order chi connectivity index (χ0) is 18.5. The van der Waals surface area contributed by atoms with Crippen molar-refractivity contribution in [2.75, 3.05) is 36.8 Å². The Kier molecular flexibility index (Phi) is 7.35. The number of carbonyl (C=O) groups excluding carboxylic acids is 2. The average Bonchev–Trinajstić information content (AvgIpc) is 3.02. The van der Waals surface area contributed by atoms with Crippen LogP contribution in [0, 0.1) is 0 Å². The molecule has 1 aromatic heterocycles. The molecule has 146 valence electrons. The number of imidazole rings is 1. The molecule has 2 aromatic rings. The maximum absolute atomic E-state index is 12.5. The van der Waals surface area contributed by atoms with Gasteiger partial charge in [0.1, 0.15) is 5.82 Å². The number of anilines is 2. The van der Waals surface area contributed by atoms with Crippen LogP contribution in [0.2, 0.25) is 0 Å². The number of hydrogen-bond acceptors (Lipinski definition) is 5. The molecule has 0 saturated carbocycles. The fourth-order valence-corrected chi connectivity index (χ4v) is 3.11. The first-order valence-corrected chi connectivity index (χ1v) is 8.62. The predicted octanol–water partition coefficient (Wildman–Crippen LogP) is 1.39. The standard InChI is InChI=1S/C18H24N6O2.ClH/c1-13(25)21-14-3-5-15(6-4-14)22-17(26)12-24-10-7-19-11-16(24)18-20-8-9-23(18)2;/h3-6,8-9,16,19H,7,10-12H2,1-2H3,(H,21,25)(H,22,26);1H.